The number of hydrogen-bond acceptors (Lipinski definition) is 4. The van der Waals surface area contributed by atoms with Crippen molar-refractivity contribution in [3.63, 3.8) is 0 Å². The first-order chi connectivity index (χ1) is 7.97. The van der Waals surface area contributed by atoms with Gasteiger partial charge in [0.1, 0.15) is 5.75 Å². The molecule has 1 unspecified atom stereocenters. The highest BCUT2D eigenvalue weighted by Gasteiger charge is 2.20. The third kappa shape index (κ3) is 2.93. The first-order valence-electron chi connectivity index (χ1n) is 5.11. The van der Waals surface area contributed by atoms with Crippen LogP contribution in [0, 0.1) is 10.1 Å². The number of carboxylic acid groups (broad SMARTS) is 1. The van der Waals surface area contributed by atoms with Gasteiger partial charge in [-0.2, -0.15) is 0 Å². The van der Waals surface area contributed by atoms with Gasteiger partial charge in [-0.15, -0.1) is 0 Å². The first kappa shape index (κ1) is 13.0. The van der Waals surface area contributed by atoms with E-state index in [4.69, 9.17) is 9.84 Å². The second-order valence-corrected chi connectivity index (χ2v) is 3.47. The van der Waals surface area contributed by atoms with Crippen LogP contribution in [0.15, 0.2) is 18.2 Å². The van der Waals surface area contributed by atoms with Gasteiger partial charge < -0.3 is 9.84 Å². The SMILES string of the molecule is CCOc1cc([N+](=O)[O-])ccc1C(C)C(=O)O. The number of nitro benzene ring substituents is 1. The molecule has 0 spiro atoms. The molecule has 0 aliphatic carbocycles. The molecule has 17 heavy (non-hydrogen) atoms. The molecular formula is C11H13NO5. The molecule has 0 aliphatic heterocycles. The normalized spacial score (nSPS) is 11.9. The van der Waals surface area contributed by atoms with Crippen molar-refractivity contribution in [1.29, 1.82) is 0 Å². The van der Waals surface area contributed by atoms with Crippen LogP contribution in [0.3, 0.4) is 0 Å². The van der Waals surface area contributed by atoms with E-state index in [1.165, 1.54) is 25.1 Å². The molecule has 0 saturated carbocycles. The second-order valence-electron chi connectivity index (χ2n) is 3.47. The molecule has 92 valence electrons. The van der Waals surface area contributed by atoms with Crippen LogP contribution in [0.4, 0.5) is 5.69 Å². The zero-order valence-corrected chi connectivity index (χ0v) is 9.54. The first-order valence-corrected chi connectivity index (χ1v) is 5.11. The van der Waals surface area contributed by atoms with E-state index in [0.717, 1.165) is 0 Å². The summed E-state index contributed by atoms with van der Waals surface area (Å²) in [4.78, 5) is 20.9. The molecule has 0 saturated heterocycles. The van der Waals surface area contributed by atoms with Gasteiger partial charge in [0.25, 0.3) is 5.69 Å². The Labute approximate surface area is 98.0 Å². The maximum absolute atomic E-state index is 10.9. The predicted molar refractivity (Wildman–Crippen MR) is 60.3 cm³/mol. The van der Waals surface area contributed by atoms with E-state index in [2.05, 4.69) is 0 Å². The van der Waals surface area contributed by atoms with Crippen molar-refractivity contribution in [2.24, 2.45) is 0 Å². The summed E-state index contributed by atoms with van der Waals surface area (Å²) >= 11 is 0. The zero-order chi connectivity index (χ0) is 13.0. The fourth-order valence-corrected chi connectivity index (χ4v) is 1.41. The number of non-ortho nitro benzene ring substituents is 1. The van der Waals surface area contributed by atoms with Gasteiger partial charge in [-0.3, -0.25) is 14.9 Å². The van der Waals surface area contributed by atoms with Crippen LogP contribution in [0.2, 0.25) is 0 Å². The number of carboxylic acids is 1. The average molecular weight is 239 g/mol. The van der Waals surface area contributed by atoms with E-state index in [0.29, 0.717) is 12.2 Å². The quantitative estimate of drug-likeness (QED) is 0.628. The lowest BCUT2D eigenvalue weighted by molar-refractivity contribution is -0.385. The standard InChI is InChI=1S/C11H13NO5/c1-3-17-10-6-8(12(15)16)4-5-9(10)7(2)11(13)14/h4-7H,3H2,1-2H3,(H,13,14). The fourth-order valence-electron chi connectivity index (χ4n) is 1.41. The van der Waals surface area contributed by atoms with Gasteiger partial charge in [0, 0.05) is 11.6 Å². The molecule has 1 rings (SSSR count). The number of ether oxygens (including phenoxy) is 1. The van der Waals surface area contributed by atoms with Crippen molar-refractivity contribution >= 4 is 11.7 Å². The fraction of sp³-hybridized carbons (Fsp3) is 0.364. The van der Waals surface area contributed by atoms with Gasteiger partial charge in [0.2, 0.25) is 0 Å². The summed E-state index contributed by atoms with van der Waals surface area (Å²) in [5, 5.41) is 19.5. The lowest BCUT2D eigenvalue weighted by atomic mass is 10.00. The largest absolute Gasteiger partial charge is 0.493 e. The summed E-state index contributed by atoms with van der Waals surface area (Å²) in [5.74, 6) is -1.52. The van der Waals surface area contributed by atoms with Crippen molar-refractivity contribution in [2.45, 2.75) is 19.8 Å². The minimum Gasteiger partial charge on any atom is -0.493 e. The van der Waals surface area contributed by atoms with Crippen molar-refractivity contribution in [3.05, 3.63) is 33.9 Å². The zero-order valence-electron chi connectivity index (χ0n) is 9.54. The van der Waals surface area contributed by atoms with Gasteiger partial charge in [0.05, 0.1) is 23.5 Å². The molecule has 6 heteroatoms. The lowest BCUT2D eigenvalue weighted by Gasteiger charge is -2.12. The Hall–Kier alpha value is -2.11. The van der Waals surface area contributed by atoms with Gasteiger partial charge in [-0.05, 0) is 19.9 Å². The smallest absolute Gasteiger partial charge is 0.310 e. The van der Waals surface area contributed by atoms with E-state index in [1.807, 2.05) is 0 Å². The molecular weight excluding hydrogens is 226 g/mol. The number of benzene rings is 1. The average Bonchev–Trinajstić information content (AvgIpc) is 2.28. The minimum absolute atomic E-state index is 0.116. The Morgan fingerprint density at radius 3 is 2.71 bits per heavy atom. The molecule has 1 aromatic rings. The van der Waals surface area contributed by atoms with Crippen LogP contribution in [0.5, 0.6) is 5.75 Å². The van der Waals surface area contributed by atoms with E-state index < -0.39 is 16.8 Å². The van der Waals surface area contributed by atoms with E-state index in [1.54, 1.807) is 6.92 Å². The summed E-state index contributed by atoms with van der Waals surface area (Å²) in [6.45, 7) is 3.56. The van der Waals surface area contributed by atoms with Crippen LogP contribution in [-0.2, 0) is 4.79 Å². The Kier molecular flexibility index (Phi) is 4.03. The molecule has 0 bridgehead atoms. The highest BCUT2D eigenvalue weighted by Crippen LogP contribution is 2.30. The molecule has 1 atom stereocenters. The van der Waals surface area contributed by atoms with Crippen molar-refractivity contribution in [3.8, 4) is 5.75 Å². The Morgan fingerprint density at radius 2 is 2.24 bits per heavy atom. The highest BCUT2D eigenvalue weighted by molar-refractivity contribution is 5.77. The molecule has 6 nitrogen and oxygen atoms in total. The lowest BCUT2D eigenvalue weighted by Crippen LogP contribution is -2.10. The Bertz CT molecular complexity index is 443. The third-order valence-corrected chi connectivity index (χ3v) is 2.34. The summed E-state index contributed by atoms with van der Waals surface area (Å²) in [6, 6.07) is 3.94. The van der Waals surface area contributed by atoms with E-state index in [9.17, 15) is 14.9 Å². The second kappa shape index (κ2) is 5.29. The summed E-state index contributed by atoms with van der Waals surface area (Å²) in [6.07, 6.45) is 0. The number of carbonyl (C=O) groups is 1. The summed E-state index contributed by atoms with van der Waals surface area (Å²) < 4.78 is 5.23. The summed E-state index contributed by atoms with van der Waals surface area (Å²) in [7, 11) is 0. The summed E-state index contributed by atoms with van der Waals surface area (Å²) in [5.41, 5.74) is 0.319. The van der Waals surface area contributed by atoms with Gasteiger partial charge in [-0.1, -0.05) is 0 Å². The number of hydrogen-bond donors (Lipinski definition) is 1. The Balaban J connectivity index is 3.21. The molecule has 1 N–H and O–H groups in total. The maximum atomic E-state index is 10.9. The van der Waals surface area contributed by atoms with Crippen LogP contribution >= 0.6 is 0 Å². The van der Waals surface area contributed by atoms with E-state index >= 15 is 0 Å². The van der Waals surface area contributed by atoms with Crippen LogP contribution < -0.4 is 4.74 Å². The topological polar surface area (TPSA) is 89.7 Å². The third-order valence-electron chi connectivity index (χ3n) is 2.34. The van der Waals surface area contributed by atoms with Crippen molar-refractivity contribution < 1.29 is 19.6 Å². The van der Waals surface area contributed by atoms with Gasteiger partial charge in [0.15, 0.2) is 0 Å². The maximum Gasteiger partial charge on any atom is 0.310 e. The molecule has 0 heterocycles. The van der Waals surface area contributed by atoms with Crippen LogP contribution in [-0.4, -0.2) is 22.6 Å². The van der Waals surface area contributed by atoms with Gasteiger partial charge in [-0.25, -0.2) is 0 Å². The molecule has 0 aliphatic rings. The molecule has 0 aromatic heterocycles. The number of rotatable bonds is 5. The predicted octanol–water partition coefficient (Wildman–Crippen LogP) is 2.18. The minimum atomic E-state index is -1.00. The van der Waals surface area contributed by atoms with E-state index in [-0.39, 0.29) is 11.4 Å². The Morgan fingerprint density at radius 1 is 1.59 bits per heavy atom. The number of nitrogens with zero attached hydrogens (tertiary/aromatic N) is 1. The van der Waals surface area contributed by atoms with Crippen LogP contribution in [0.1, 0.15) is 25.3 Å². The van der Waals surface area contributed by atoms with Gasteiger partial charge >= 0.3 is 5.97 Å². The van der Waals surface area contributed by atoms with Crippen LogP contribution in [0.25, 0.3) is 0 Å². The molecule has 0 fully saturated rings. The monoisotopic (exact) mass is 239 g/mol. The van der Waals surface area contributed by atoms with Crippen molar-refractivity contribution in [1.82, 2.24) is 0 Å². The number of nitro groups is 1. The highest BCUT2D eigenvalue weighted by atomic mass is 16.6. The molecule has 0 amide bonds. The number of aliphatic carboxylic acids is 1. The molecule has 1 aromatic carbocycles. The van der Waals surface area contributed by atoms with Crippen molar-refractivity contribution in [2.75, 3.05) is 6.61 Å². The molecule has 0 radical (unpaired) electrons.